The lowest BCUT2D eigenvalue weighted by atomic mass is 10.00. The van der Waals surface area contributed by atoms with Crippen molar-refractivity contribution in [1.82, 2.24) is 14.8 Å². The smallest absolute Gasteiger partial charge is 0.253 e. The van der Waals surface area contributed by atoms with Crippen molar-refractivity contribution in [2.24, 2.45) is 4.99 Å². The Labute approximate surface area is 223 Å². The number of aromatic hydroxyl groups is 1. The first-order chi connectivity index (χ1) is 17.8. The van der Waals surface area contributed by atoms with Crippen LogP contribution in [0.15, 0.2) is 70.1 Å². The molecule has 4 aromatic rings. The molecule has 2 N–H and O–H groups in total. The minimum Gasteiger partial charge on any atom is -0.494 e. The summed E-state index contributed by atoms with van der Waals surface area (Å²) in [6.07, 6.45) is 0. The van der Waals surface area contributed by atoms with E-state index in [0.29, 0.717) is 40.6 Å². The highest BCUT2D eigenvalue weighted by molar-refractivity contribution is 9.10. The molecule has 190 valence electrons. The predicted molar refractivity (Wildman–Crippen MR) is 147 cm³/mol. The van der Waals surface area contributed by atoms with E-state index in [0.717, 1.165) is 27.5 Å². The topological polar surface area (TPSA) is 90.4 Å². The summed E-state index contributed by atoms with van der Waals surface area (Å²) in [5.74, 6) is 1.25. The van der Waals surface area contributed by atoms with Crippen LogP contribution in [0.25, 0.3) is 10.9 Å². The molecule has 37 heavy (non-hydrogen) atoms. The summed E-state index contributed by atoms with van der Waals surface area (Å²) in [6.45, 7) is 1.58. The van der Waals surface area contributed by atoms with Crippen molar-refractivity contribution < 1.29 is 19.4 Å². The lowest BCUT2D eigenvalue weighted by Gasteiger charge is -2.19. The summed E-state index contributed by atoms with van der Waals surface area (Å²) >= 11 is 3.49. The van der Waals surface area contributed by atoms with E-state index in [4.69, 9.17) is 14.5 Å². The highest BCUT2D eigenvalue weighted by atomic mass is 79.9. The molecule has 1 aliphatic heterocycles. The molecule has 0 radical (unpaired) electrons. The number of carbonyl (C=O) groups is 1. The van der Waals surface area contributed by atoms with Gasteiger partial charge in [-0.25, -0.2) is 4.99 Å². The second-order valence-electron chi connectivity index (χ2n) is 9.14. The summed E-state index contributed by atoms with van der Waals surface area (Å²) in [6, 6.07) is 18.5. The second-order valence-corrected chi connectivity index (χ2v) is 10.1. The molecule has 2 heterocycles. The number of halogens is 1. The third-order valence-corrected chi connectivity index (χ3v) is 6.70. The minimum atomic E-state index is -0.0479. The number of hydrogen-bond acceptors (Lipinski definition) is 6. The highest BCUT2D eigenvalue weighted by Gasteiger charge is 2.22. The molecule has 1 amide bonds. The van der Waals surface area contributed by atoms with Crippen molar-refractivity contribution in [2.75, 3.05) is 41.0 Å². The van der Waals surface area contributed by atoms with Gasteiger partial charge in [0.25, 0.3) is 5.91 Å². The van der Waals surface area contributed by atoms with Gasteiger partial charge in [-0.3, -0.25) is 4.79 Å². The van der Waals surface area contributed by atoms with Crippen LogP contribution in [0.4, 0.5) is 5.69 Å². The number of fused-ring (bicyclic) bond motifs is 2. The number of hydrogen-bond donors (Lipinski definition) is 2. The van der Waals surface area contributed by atoms with Gasteiger partial charge in [0.2, 0.25) is 6.79 Å². The van der Waals surface area contributed by atoms with E-state index < -0.39 is 0 Å². The van der Waals surface area contributed by atoms with Gasteiger partial charge in [0.1, 0.15) is 0 Å². The molecule has 0 saturated heterocycles. The predicted octanol–water partition coefficient (Wildman–Crippen LogP) is 5.17. The maximum Gasteiger partial charge on any atom is 0.253 e. The van der Waals surface area contributed by atoms with Gasteiger partial charge in [-0.2, -0.15) is 0 Å². The van der Waals surface area contributed by atoms with Gasteiger partial charge in [0.15, 0.2) is 17.4 Å². The number of rotatable bonds is 7. The van der Waals surface area contributed by atoms with Crippen LogP contribution in [0.2, 0.25) is 0 Å². The highest BCUT2D eigenvalue weighted by Crippen LogP contribution is 2.37. The number of ether oxygens (including phenoxy) is 2. The summed E-state index contributed by atoms with van der Waals surface area (Å²) in [5, 5.41) is 11.8. The Kier molecular flexibility index (Phi) is 6.90. The lowest BCUT2D eigenvalue weighted by Crippen LogP contribution is -2.33. The molecule has 0 aliphatic carbocycles. The van der Waals surface area contributed by atoms with E-state index in [1.54, 1.807) is 24.1 Å². The summed E-state index contributed by atoms with van der Waals surface area (Å²) in [5.41, 5.74) is 3.90. The van der Waals surface area contributed by atoms with Gasteiger partial charge in [0.05, 0.1) is 22.5 Å². The Bertz CT molecular complexity index is 1490. The number of H-pyrrole nitrogens is 1. The average Bonchev–Trinajstić information content (AvgIpc) is 3.48. The summed E-state index contributed by atoms with van der Waals surface area (Å²) < 4.78 is 12.0. The van der Waals surface area contributed by atoms with Crippen molar-refractivity contribution >= 4 is 44.1 Å². The minimum absolute atomic E-state index is 0.0128. The molecule has 3 aromatic carbocycles. The number of aromatic amines is 1. The van der Waals surface area contributed by atoms with Crippen molar-refractivity contribution in [1.29, 1.82) is 0 Å². The molecular weight excluding hydrogens is 536 g/mol. The average molecular weight is 563 g/mol. The molecule has 0 bridgehead atoms. The summed E-state index contributed by atoms with van der Waals surface area (Å²) in [4.78, 5) is 24.6. The third kappa shape index (κ3) is 5.19. The quantitative estimate of drug-likeness (QED) is 0.303. The molecule has 0 saturated carbocycles. The number of nitrogens with zero attached hydrogens (tertiary/aromatic N) is 3. The van der Waals surface area contributed by atoms with Gasteiger partial charge in [-0.05, 0) is 68.7 Å². The fraction of sp³-hybridized carbons (Fsp3) is 0.214. The van der Waals surface area contributed by atoms with Crippen LogP contribution < -0.4 is 9.47 Å². The molecule has 1 aliphatic rings. The SMILES string of the molecule is CN(C)CCN(C)C(=O)c1ccc(N=C(c2ccc3c(c2)OCO3)c2c(O)[nH]c3cc(Br)ccc23)cc1. The van der Waals surface area contributed by atoms with Crippen LogP contribution in [-0.4, -0.2) is 72.5 Å². The number of benzene rings is 3. The molecule has 1 aromatic heterocycles. The Hall–Kier alpha value is -3.82. The van der Waals surface area contributed by atoms with E-state index in [9.17, 15) is 9.90 Å². The van der Waals surface area contributed by atoms with E-state index in [2.05, 4.69) is 20.9 Å². The molecule has 8 nitrogen and oxygen atoms in total. The largest absolute Gasteiger partial charge is 0.494 e. The van der Waals surface area contributed by atoms with Crippen molar-refractivity contribution in [3.8, 4) is 17.4 Å². The normalized spacial score (nSPS) is 12.9. The van der Waals surface area contributed by atoms with E-state index in [1.165, 1.54) is 0 Å². The second kappa shape index (κ2) is 10.3. The number of carbonyl (C=O) groups excluding carboxylic acids is 1. The standard InChI is InChI=1S/C28H27BrN4O4/c1-32(2)12-13-33(3)28(35)17-4-8-20(9-5-17)30-26(18-6-11-23-24(14-18)37-16-36-23)25-21-10-7-19(29)15-22(21)31-27(25)34/h4-11,14-15,31,34H,12-13,16H2,1-3H3. The van der Waals surface area contributed by atoms with Crippen LogP contribution in [-0.2, 0) is 0 Å². The first kappa shape index (κ1) is 24.9. The zero-order valence-electron chi connectivity index (χ0n) is 20.8. The molecular formula is C28H27BrN4O4. The van der Waals surface area contributed by atoms with Crippen LogP contribution in [0.3, 0.4) is 0 Å². The van der Waals surface area contributed by atoms with E-state index >= 15 is 0 Å². The Balaban J connectivity index is 1.55. The summed E-state index contributed by atoms with van der Waals surface area (Å²) in [7, 11) is 5.76. The van der Waals surface area contributed by atoms with E-state index in [-0.39, 0.29) is 18.6 Å². The molecule has 0 fully saturated rings. The first-order valence-electron chi connectivity index (χ1n) is 11.8. The van der Waals surface area contributed by atoms with Crippen LogP contribution >= 0.6 is 15.9 Å². The van der Waals surface area contributed by atoms with Crippen LogP contribution in [0.5, 0.6) is 17.4 Å². The van der Waals surface area contributed by atoms with E-state index in [1.807, 2.05) is 67.5 Å². The Morgan fingerprint density at radius 1 is 0.973 bits per heavy atom. The maximum absolute atomic E-state index is 12.8. The monoisotopic (exact) mass is 562 g/mol. The van der Waals surface area contributed by atoms with Gasteiger partial charge >= 0.3 is 0 Å². The van der Waals surface area contributed by atoms with Gasteiger partial charge in [0, 0.05) is 41.1 Å². The van der Waals surface area contributed by atoms with Crippen molar-refractivity contribution in [3.63, 3.8) is 0 Å². The fourth-order valence-corrected chi connectivity index (χ4v) is 4.54. The fourth-order valence-electron chi connectivity index (χ4n) is 4.18. The lowest BCUT2D eigenvalue weighted by molar-refractivity contribution is 0.0786. The third-order valence-electron chi connectivity index (χ3n) is 6.21. The molecule has 0 atom stereocenters. The zero-order chi connectivity index (χ0) is 26.1. The number of aromatic nitrogens is 1. The molecule has 5 rings (SSSR count). The van der Waals surface area contributed by atoms with Crippen LogP contribution in [0, 0.1) is 0 Å². The Morgan fingerprint density at radius 3 is 2.46 bits per heavy atom. The van der Waals surface area contributed by atoms with Crippen molar-refractivity contribution in [3.05, 3.63) is 81.8 Å². The number of likely N-dealkylation sites (N-methyl/N-ethyl adjacent to an activating group) is 2. The zero-order valence-corrected chi connectivity index (χ0v) is 22.4. The Morgan fingerprint density at radius 2 is 1.70 bits per heavy atom. The number of amides is 1. The first-order valence-corrected chi connectivity index (χ1v) is 12.6. The van der Waals surface area contributed by atoms with Gasteiger partial charge in [-0.1, -0.05) is 22.0 Å². The number of aliphatic imine (C=N–C) groups is 1. The van der Waals surface area contributed by atoms with Gasteiger partial charge in [-0.15, -0.1) is 0 Å². The van der Waals surface area contributed by atoms with Gasteiger partial charge < -0.3 is 29.4 Å². The number of nitrogens with one attached hydrogen (secondary N) is 1. The maximum atomic E-state index is 12.8. The van der Waals surface area contributed by atoms with Crippen molar-refractivity contribution in [2.45, 2.75) is 0 Å². The molecule has 9 heteroatoms. The van der Waals surface area contributed by atoms with Crippen LogP contribution in [0.1, 0.15) is 21.5 Å². The molecule has 0 spiro atoms. The molecule has 0 unspecified atom stereocenters.